The zero-order valence-electron chi connectivity index (χ0n) is 13.7. The van der Waals surface area contributed by atoms with Crippen molar-refractivity contribution in [3.8, 4) is 16.9 Å². The second-order valence-corrected chi connectivity index (χ2v) is 5.94. The highest BCUT2D eigenvalue weighted by Gasteiger charge is 2.13. The zero-order chi connectivity index (χ0) is 17.7. The first-order valence-electron chi connectivity index (χ1n) is 7.51. The van der Waals surface area contributed by atoms with Gasteiger partial charge in [-0.05, 0) is 54.8 Å². The van der Waals surface area contributed by atoms with E-state index in [1.54, 1.807) is 25.3 Å². The molecule has 0 atom stereocenters. The van der Waals surface area contributed by atoms with Crippen LogP contribution in [-0.2, 0) is 0 Å². The summed E-state index contributed by atoms with van der Waals surface area (Å²) in [6.45, 7) is 3.87. The van der Waals surface area contributed by atoms with Crippen molar-refractivity contribution in [1.82, 2.24) is 0 Å². The third-order valence-electron chi connectivity index (χ3n) is 3.56. The van der Waals surface area contributed by atoms with Crippen molar-refractivity contribution in [2.24, 2.45) is 4.99 Å². The van der Waals surface area contributed by atoms with E-state index in [0.717, 1.165) is 28.7 Å². The molecule has 2 aromatic rings. The fraction of sp³-hybridized carbons (Fsp3) is 0.211. The van der Waals surface area contributed by atoms with Gasteiger partial charge in [0.15, 0.2) is 0 Å². The summed E-state index contributed by atoms with van der Waals surface area (Å²) in [5.41, 5.74) is 3.29. The van der Waals surface area contributed by atoms with Crippen LogP contribution in [0.25, 0.3) is 11.1 Å². The highest BCUT2D eigenvalue weighted by molar-refractivity contribution is 6.70. The fourth-order valence-corrected chi connectivity index (χ4v) is 2.86. The van der Waals surface area contributed by atoms with Crippen LogP contribution in [0.4, 0.5) is 4.39 Å². The topological polar surface area (TPSA) is 21.6 Å². The van der Waals surface area contributed by atoms with Crippen molar-refractivity contribution in [2.75, 3.05) is 7.11 Å². The molecule has 0 unspecified atom stereocenters. The van der Waals surface area contributed by atoms with E-state index in [-0.39, 0.29) is 11.0 Å². The van der Waals surface area contributed by atoms with Gasteiger partial charge in [-0.15, -0.1) is 0 Å². The number of halogens is 3. The molecule has 0 saturated carbocycles. The summed E-state index contributed by atoms with van der Waals surface area (Å²) in [5, 5.41) is 0.623. The minimum atomic E-state index is -0.283. The van der Waals surface area contributed by atoms with Gasteiger partial charge in [0.1, 0.15) is 21.9 Å². The second-order valence-electron chi connectivity index (χ2n) is 5.20. The third-order valence-corrected chi connectivity index (χ3v) is 4.08. The van der Waals surface area contributed by atoms with E-state index in [9.17, 15) is 4.39 Å². The Morgan fingerprint density at radius 2 is 1.83 bits per heavy atom. The minimum absolute atomic E-state index is 0.282. The first kappa shape index (κ1) is 18.5. The number of benzene rings is 2. The van der Waals surface area contributed by atoms with Gasteiger partial charge in [0.2, 0.25) is 0 Å². The standard InChI is InChI=1S/C19H18Cl2FNO/c1-4-5-18(20)23-19(21)16-10-14(11-17(24-3)12(16)2)13-6-8-15(22)9-7-13/h5-11H,4H2,1-3H3/b18-5+,23-19?. The van der Waals surface area contributed by atoms with Gasteiger partial charge in [-0.3, -0.25) is 0 Å². The molecule has 126 valence electrons. The van der Waals surface area contributed by atoms with E-state index in [0.29, 0.717) is 10.9 Å². The summed E-state index contributed by atoms with van der Waals surface area (Å²) < 4.78 is 18.6. The van der Waals surface area contributed by atoms with E-state index < -0.39 is 0 Å². The predicted molar refractivity (Wildman–Crippen MR) is 99.7 cm³/mol. The highest BCUT2D eigenvalue weighted by Crippen LogP contribution is 2.31. The van der Waals surface area contributed by atoms with Gasteiger partial charge in [0.05, 0.1) is 7.11 Å². The zero-order valence-corrected chi connectivity index (χ0v) is 15.2. The number of ether oxygens (including phenoxy) is 1. The summed E-state index contributed by atoms with van der Waals surface area (Å²) in [6, 6.07) is 10.0. The molecule has 0 aliphatic carbocycles. The number of methoxy groups -OCH3 is 1. The van der Waals surface area contributed by atoms with Crippen molar-refractivity contribution in [2.45, 2.75) is 20.3 Å². The van der Waals surface area contributed by atoms with Crippen molar-refractivity contribution < 1.29 is 9.13 Å². The van der Waals surface area contributed by atoms with Crippen molar-refractivity contribution >= 4 is 28.4 Å². The fourth-order valence-electron chi connectivity index (χ4n) is 2.29. The summed E-state index contributed by atoms with van der Waals surface area (Å²) in [5.74, 6) is 0.393. The van der Waals surface area contributed by atoms with E-state index in [2.05, 4.69) is 4.99 Å². The number of allylic oxidation sites excluding steroid dienone is 1. The van der Waals surface area contributed by atoms with Crippen LogP contribution >= 0.6 is 23.2 Å². The molecule has 0 fully saturated rings. The summed E-state index contributed by atoms with van der Waals surface area (Å²) in [6.07, 6.45) is 2.55. The van der Waals surface area contributed by atoms with Gasteiger partial charge >= 0.3 is 0 Å². The number of hydrogen-bond donors (Lipinski definition) is 0. The summed E-state index contributed by atoms with van der Waals surface area (Å²) >= 11 is 12.4. The molecule has 24 heavy (non-hydrogen) atoms. The molecule has 0 saturated heterocycles. The third kappa shape index (κ3) is 4.37. The Kier molecular flexibility index (Phi) is 6.41. The highest BCUT2D eigenvalue weighted by atomic mass is 35.5. The van der Waals surface area contributed by atoms with Crippen LogP contribution in [0.1, 0.15) is 24.5 Å². The largest absolute Gasteiger partial charge is 0.496 e. The molecule has 2 nitrogen and oxygen atoms in total. The molecule has 0 heterocycles. The SMILES string of the molecule is CC/C=C(\Cl)N=C(Cl)c1cc(-c2ccc(F)cc2)cc(OC)c1C. The summed E-state index contributed by atoms with van der Waals surface area (Å²) in [7, 11) is 1.59. The van der Waals surface area contributed by atoms with Gasteiger partial charge < -0.3 is 4.74 Å². The monoisotopic (exact) mass is 365 g/mol. The van der Waals surface area contributed by atoms with Gasteiger partial charge in [0.25, 0.3) is 0 Å². The molecule has 0 radical (unpaired) electrons. The lowest BCUT2D eigenvalue weighted by Gasteiger charge is -2.13. The number of hydrogen-bond acceptors (Lipinski definition) is 2. The van der Waals surface area contributed by atoms with Gasteiger partial charge in [-0.2, -0.15) is 0 Å². The van der Waals surface area contributed by atoms with Gasteiger partial charge in [0, 0.05) is 11.1 Å². The van der Waals surface area contributed by atoms with Crippen molar-refractivity contribution in [3.63, 3.8) is 0 Å². The number of rotatable bonds is 5. The average molecular weight is 366 g/mol. The molecule has 0 bridgehead atoms. The van der Waals surface area contributed by atoms with Crippen molar-refractivity contribution in [1.29, 1.82) is 0 Å². The van der Waals surface area contributed by atoms with Crippen molar-refractivity contribution in [3.05, 3.63) is 64.6 Å². The Bertz CT molecular complexity index is 783. The molecule has 0 amide bonds. The number of aliphatic imine (C=N–C) groups is 1. The number of nitrogens with zero attached hydrogens (tertiary/aromatic N) is 1. The molecular formula is C19H18Cl2FNO. The minimum Gasteiger partial charge on any atom is -0.496 e. The molecular weight excluding hydrogens is 348 g/mol. The lowest BCUT2D eigenvalue weighted by atomic mass is 9.99. The van der Waals surface area contributed by atoms with Crippen LogP contribution in [0, 0.1) is 12.7 Å². The summed E-state index contributed by atoms with van der Waals surface area (Å²) in [4.78, 5) is 4.22. The van der Waals surface area contributed by atoms with Gasteiger partial charge in [-0.25, -0.2) is 9.38 Å². The maximum absolute atomic E-state index is 13.1. The lowest BCUT2D eigenvalue weighted by molar-refractivity contribution is 0.412. The Morgan fingerprint density at radius 3 is 2.42 bits per heavy atom. The van der Waals surface area contributed by atoms with Crippen LogP contribution in [0.2, 0.25) is 0 Å². The first-order valence-corrected chi connectivity index (χ1v) is 8.26. The molecule has 0 aromatic heterocycles. The first-order chi connectivity index (χ1) is 11.5. The van der Waals surface area contributed by atoms with Crippen LogP contribution < -0.4 is 4.74 Å². The van der Waals surface area contributed by atoms with Crippen LogP contribution in [0.3, 0.4) is 0 Å². The molecule has 0 aliphatic rings. The van der Waals surface area contributed by atoms with Crippen LogP contribution in [0.5, 0.6) is 5.75 Å². The molecule has 0 spiro atoms. The van der Waals surface area contributed by atoms with E-state index >= 15 is 0 Å². The van der Waals surface area contributed by atoms with Crippen LogP contribution in [-0.4, -0.2) is 12.3 Å². The molecule has 2 rings (SSSR count). The maximum atomic E-state index is 13.1. The average Bonchev–Trinajstić information content (AvgIpc) is 2.56. The second kappa shape index (κ2) is 8.32. The van der Waals surface area contributed by atoms with E-state index in [1.807, 2.05) is 26.0 Å². The Morgan fingerprint density at radius 1 is 1.17 bits per heavy atom. The van der Waals surface area contributed by atoms with Gasteiger partial charge in [-0.1, -0.05) is 42.3 Å². The Labute approximate surface area is 151 Å². The predicted octanol–water partition coefficient (Wildman–Crippen LogP) is 6.29. The van der Waals surface area contributed by atoms with Crippen LogP contribution in [0.15, 0.2) is 52.6 Å². The Hall–Kier alpha value is -1.84. The maximum Gasteiger partial charge on any atom is 0.138 e. The normalized spacial score (nSPS) is 12.4. The quantitative estimate of drug-likeness (QED) is 0.450. The molecule has 5 heteroatoms. The molecule has 2 aromatic carbocycles. The lowest BCUT2D eigenvalue weighted by Crippen LogP contribution is -2.00. The molecule has 0 aliphatic heterocycles. The Balaban J connectivity index is 2.57. The molecule has 0 N–H and O–H groups in total. The van der Waals surface area contributed by atoms with E-state index in [4.69, 9.17) is 27.9 Å². The smallest absolute Gasteiger partial charge is 0.138 e. The van der Waals surface area contributed by atoms with E-state index in [1.165, 1.54) is 12.1 Å².